The third-order valence-electron chi connectivity index (χ3n) is 4.63. The predicted octanol–water partition coefficient (Wildman–Crippen LogP) is -1.66. The maximum atomic E-state index is 11.8. The molecule has 164 valence electrons. The molecule has 11 heteroatoms. The molecule has 1 saturated heterocycles. The van der Waals surface area contributed by atoms with Gasteiger partial charge in [-0.2, -0.15) is 0 Å². The summed E-state index contributed by atoms with van der Waals surface area (Å²) in [6.45, 7) is 2.78. The highest BCUT2D eigenvalue weighted by molar-refractivity contribution is 6.13. The van der Waals surface area contributed by atoms with Crippen LogP contribution in [-0.4, -0.2) is 84.6 Å². The van der Waals surface area contributed by atoms with Crippen LogP contribution < -0.4 is 10.6 Å². The van der Waals surface area contributed by atoms with E-state index in [4.69, 9.17) is 4.74 Å². The van der Waals surface area contributed by atoms with Crippen LogP contribution in [0.4, 0.5) is 0 Å². The number of carbonyl (C=O) groups is 6. The molecular formula is C19H26N4O7. The van der Waals surface area contributed by atoms with Gasteiger partial charge in [0.1, 0.15) is 0 Å². The first kappa shape index (κ1) is 23.2. The maximum Gasteiger partial charge on any atom is 0.253 e. The summed E-state index contributed by atoms with van der Waals surface area (Å²) < 4.78 is 5.30. The van der Waals surface area contributed by atoms with E-state index >= 15 is 0 Å². The molecule has 0 aromatic rings. The molecule has 2 rings (SSSR count). The third-order valence-corrected chi connectivity index (χ3v) is 4.63. The molecule has 0 saturated carbocycles. The first-order valence-electron chi connectivity index (χ1n) is 9.78. The molecule has 1 atom stereocenters. The number of ether oxygens (including phenoxy) is 1. The molecule has 2 aliphatic rings. The second-order valence-corrected chi connectivity index (χ2v) is 6.96. The molecule has 0 aromatic carbocycles. The Kier molecular flexibility index (Phi) is 8.66. The Morgan fingerprint density at radius 3 is 1.90 bits per heavy atom. The van der Waals surface area contributed by atoms with E-state index in [1.807, 2.05) is 0 Å². The summed E-state index contributed by atoms with van der Waals surface area (Å²) in [6, 6.07) is 0. The Hall–Kier alpha value is -3.08. The van der Waals surface area contributed by atoms with Gasteiger partial charge >= 0.3 is 0 Å². The highest BCUT2D eigenvalue weighted by Gasteiger charge is 2.35. The molecule has 0 aliphatic carbocycles. The predicted molar refractivity (Wildman–Crippen MR) is 102 cm³/mol. The Bertz CT molecular complexity index is 731. The van der Waals surface area contributed by atoms with E-state index in [2.05, 4.69) is 10.6 Å². The van der Waals surface area contributed by atoms with Crippen LogP contribution in [0.3, 0.4) is 0 Å². The fourth-order valence-electron chi connectivity index (χ4n) is 2.97. The molecule has 0 bridgehead atoms. The van der Waals surface area contributed by atoms with E-state index in [-0.39, 0.29) is 88.2 Å². The second kappa shape index (κ2) is 11.2. The maximum absolute atomic E-state index is 11.8. The Balaban J connectivity index is 1.45. The molecule has 2 N–H and O–H groups in total. The largest absolute Gasteiger partial charge is 0.378 e. The van der Waals surface area contributed by atoms with Crippen LogP contribution in [0.5, 0.6) is 0 Å². The van der Waals surface area contributed by atoms with Crippen LogP contribution in [0, 0.1) is 5.92 Å². The molecular weight excluding hydrogens is 396 g/mol. The summed E-state index contributed by atoms with van der Waals surface area (Å²) in [4.78, 5) is 71.7. The van der Waals surface area contributed by atoms with Gasteiger partial charge in [0, 0.05) is 63.5 Å². The van der Waals surface area contributed by atoms with Gasteiger partial charge in [-0.3, -0.25) is 38.6 Å². The number of imide groups is 2. The van der Waals surface area contributed by atoms with Gasteiger partial charge < -0.3 is 15.4 Å². The molecule has 0 aromatic heterocycles. The average Bonchev–Trinajstić information content (AvgIpc) is 3.15. The molecule has 0 spiro atoms. The summed E-state index contributed by atoms with van der Waals surface area (Å²) in [6.07, 6.45) is 2.57. The number of hydrogen-bond donors (Lipinski definition) is 2. The van der Waals surface area contributed by atoms with E-state index in [1.165, 1.54) is 12.2 Å². The minimum Gasteiger partial charge on any atom is -0.378 e. The number of likely N-dealkylation sites (tertiary alicyclic amines) is 1. The number of carbonyl (C=O) groups excluding carboxylic acids is 6. The van der Waals surface area contributed by atoms with Crippen molar-refractivity contribution in [2.75, 3.05) is 39.4 Å². The molecule has 30 heavy (non-hydrogen) atoms. The van der Waals surface area contributed by atoms with Gasteiger partial charge in [0.05, 0.1) is 13.2 Å². The van der Waals surface area contributed by atoms with Crippen LogP contribution in [0.15, 0.2) is 12.2 Å². The summed E-state index contributed by atoms with van der Waals surface area (Å²) in [5.74, 6) is -2.25. The van der Waals surface area contributed by atoms with Crippen molar-refractivity contribution in [3.63, 3.8) is 0 Å². The SMILES string of the molecule is CC1CC(=O)N(CCC(=O)NCCOCCNC(=O)CCN2C(=O)C=CC2=O)C1=O. The molecule has 1 fully saturated rings. The van der Waals surface area contributed by atoms with Gasteiger partial charge in [-0.15, -0.1) is 0 Å². The average molecular weight is 422 g/mol. The summed E-state index contributed by atoms with van der Waals surface area (Å²) >= 11 is 0. The first-order valence-corrected chi connectivity index (χ1v) is 9.78. The van der Waals surface area contributed by atoms with Crippen molar-refractivity contribution in [3.8, 4) is 0 Å². The van der Waals surface area contributed by atoms with Crippen molar-refractivity contribution in [1.29, 1.82) is 0 Å². The third kappa shape index (κ3) is 6.76. The van der Waals surface area contributed by atoms with Crippen LogP contribution in [-0.2, 0) is 33.5 Å². The van der Waals surface area contributed by atoms with Crippen molar-refractivity contribution in [3.05, 3.63) is 12.2 Å². The summed E-state index contributed by atoms with van der Waals surface area (Å²) in [5, 5.41) is 5.24. The zero-order valence-corrected chi connectivity index (χ0v) is 16.8. The number of nitrogens with zero attached hydrogens (tertiary/aromatic N) is 2. The smallest absolute Gasteiger partial charge is 0.253 e. The lowest BCUT2D eigenvalue weighted by atomic mass is 10.1. The zero-order valence-electron chi connectivity index (χ0n) is 16.8. The Morgan fingerprint density at radius 1 is 0.933 bits per heavy atom. The number of rotatable bonds is 12. The van der Waals surface area contributed by atoms with Crippen molar-refractivity contribution in [2.45, 2.75) is 26.2 Å². The van der Waals surface area contributed by atoms with Gasteiger partial charge in [-0.1, -0.05) is 6.92 Å². The van der Waals surface area contributed by atoms with E-state index in [0.29, 0.717) is 0 Å². The normalized spacial score (nSPS) is 18.5. The minimum absolute atomic E-state index is 0.00994. The summed E-state index contributed by atoms with van der Waals surface area (Å²) in [5.41, 5.74) is 0. The molecule has 11 nitrogen and oxygen atoms in total. The van der Waals surface area contributed by atoms with Gasteiger partial charge in [0.2, 0.25) is 23.6 Å². The van der Waals surface area contributed by atoms with Crippen molar-refractivity contribution < 1.29 is 33.5 Å². The zero-order chi connectivity index (χ0) is 22.1. The fourth-order valence-corrected chi connectivity index (χ4v) is 2.97. The lowest BCUT2D eigenvalue weighted by molar-refractivity contribution is -0.140. The fraction of sp³-hybridized carbons (Fsp3) is 0.579. The summed E-state index contributed by atoms with van der Waals surface area (Å²) in [7, 11) is 0. The standard InChI is InChI=1S/C19H26N4O7/c1-13-12-18(28)23(19(13)29)9-5-15(25)21-7-11-30-10-6-20-14(24)4-8-22-16(26)2-3-17(22)27/h2-3,13H,4-12H2,1H3,(H,20,24)(H,21,25). The van der Waals surface area contributed by atoms with Gasteiger partial charge in [-0.25, -0.2) is 0 Å². The lowest BCUT2D eigenvalue weighted by Gasteiger charge is -2.14. The van der Waals surface area contributed by atoms with E-state index in [1.54, 1.807) is 6.92 Å². The lowest BCUT2D eigenvalue weighted by Crippen LogP contribution is -2.36. The van der Waals surface area contributed by atoms with Gasteiger partial charge in [0.25, 0.3) is 11.8 Å². The highest BCUT2D eigenvalue weighted by atomic mass is 16.5. The van der Waals surface area contributed by atoms with Crippen molar-refractivity contribution in [2.24, 2.45) is 5.92 Å². The van der Waals surface area contributed by atoms with Gasteiger partial charge in [0.15, 0.2) is 0 Å². The van der Waals surface area contributed by atoms with E-state index in [9.17, 15) is 28.8 Å². The highest BCUT2D eigenvalue weighted by Crippen LogP contribution is 2.18. The van der Waals surface area contributed by atoms with Crippen LogP contribution >= 0.6 is 0 Å². The van der Waals surface area contributed by atoms with Crippen LogP contribution in [0.25, 0.3) is 0 Å². The van der Waals surface area contributed by atoms with Crippen molar-refractivity contribution >= 4 is 35.4 Å². The molecule has 1 unspecified atom stereocenters. The number of nitrogens with one attached hydrogen (secondary N) is 2. The number of amides is 6. The Labute approximate surface area is 173 Å². The molecule has 2 heterocycles. The molecule has 2 aliphatic heterocycles. The second-order valence-electron chi connectivity index (χ2n) is 6.96. The van der Waals surface area contributed by atoms with E-state index < -0.39 is 11.8 Å². The topological polar surface area (TPSA) is 142 Å². The Morgan fingerprint density at radius 2 is 1.43 bits per heavy atom. The van der Waals surface area contributed by atoms with E-state index in [0.717, 1.165) is 9.80 Å². The minimum atomic E-state index is -0.425. The van der Waals surface area contributed by atoms with Crippen molar-refractivity contribution in [1.82, 2.24) is 20.4 Å². The monoisotopic (exact) mass is 422 g/mol. The molecule has 6 amide bonds. The first-order chi connectivity index (χ1) is 14.3. The van der Waals surface area contributed by atoms with Crippen LogP contribution in [0.1, 0.15) is 26.2 Å². The number of hydrogen-bond acceptors (Lipinski definition) is 7. The quantitative estimate of drug-likeness (QED) is 0.283. The van der Waals surface area contributed by atoms with Crippen LogP contribution in [0.2, 0.25) is 0 Å². The molecule has 0 radical (unpaired) electrons. The van der Waals surface area contributed by atoms with Gasteiger partial charge in [-0.05, 0) is 0 Å².